The molecule has 5 heteroatoms. The molecule has 0 aromatic heterocycles. The van der Waals surface area contributed by atoms with Crippen molar-refractivity contribution >= 4 is 11.9 Å². The van der Waals surface area contributed by atoms with Gasteiger partial charge >= 0.3 is 11.9 Å². The fraction of sp³-hybridized carbons (Fsp3) is 0.111. The van der Waals surface area contributed by atoms with Gasteiger partial charge in [-0.25, -0.2) is 9.59 Å². The zero-order chi connectivity index (χ0) is 16.8. The van der Waals surface area contributed by atoms with Crippen LogP contribution in [0.2, 0.25) is 0 Å². The van der Waals surface area contributed by atoms with Gasteiger partial charge in [-0.05, 0) is 55.0 Å². The molecule has 0 aliphatic rings. The maximum atomic E-state index is 12.1. The number of hydrogen-bond donors (Lipinski definition) is 0. The Bertz CT molecular complexity index is 732. The van der Waals surface area contributed by atoms with Crippen LogP contribution < -0.4 is 14.2 Å². The maximum Gasteiger partial charge on any atom is 0.343 e. The van der Waals surface area contributed by atoms with E-state index in [1.807, 2.05) is 6.92 Å². The number of esters is 2. The first-order chi connectivity index (χ1) is 11.0. The minimum absolute atomic E-state index is 0.326. The Labute approximate surface area is 134 Å². The summed E-state index contributed by atoms with van der Waals surface area (Å²) in [4.78, 5) is 23.2. The Kier molecular flexibility index (Phi) is 5.15. The topological polar surface area (TPSA) is 61.8 Å². The summed E-state index contributed by atoms with van der Waals surface area (Å²) in [7, 11) is 1.57. The normalized spacial score (nSPS) is 9.83. The van der Waals surface area contributed by atoms with Gasteiger partial charge in [0, 0.05) is 6.08 Å². The molecule has 0 bridgehead atoms. The summed E-state index contributed by atoms with van der Waals surface area (Å²) >= 11 is 0. The number of carbonyl (C=O) groups excluding carboxylic acids is 2. The van der Waals surface area contributed by atoms with E-state index in [1.165, 1.54) is 24.3 Å². The Morgan fingerprint density at radius 3 is 2.22 bits per heavy atom. The lowest BCUT2D eigenvalue weighted by Crippen LogP contribution is -2.09. The van der Waals surface area contributed by atoms with Crippen molar-refractivity contribution < 1.29 is 23.8 Å². The number of ether oxygens (including phenoxy) is 3. The lowest BCUT2D eigenvalue weighted by molar-refractivity contribution is -0.128. The zero-order valence-electron chi connectivity index (χ0n) is 12.9. The third kappa shape index (κ3) is 4.20. The fourth-order valence-corrected chi connectivity index (χ4v) is 1.84. The first-order valence-corrected chi connectivity index (χ1v) is 6.84. The Morgan fingerprint density at radius 1 is 1.00 bits per heavy atom. The molecule has 0 fully saturated rings. The smallest absolute Gasteiger partial charge is 0.343 e. The summed E-state index contributed by atoms with van der Waals surface area (Å²) < 4.78 is 15.4. The van der Waals surface area contributed by atoms with E-state index in [-0.39, 0.29) is 0 Å². The predicted octanol–water partition coefficient (Wildman–Crippen LogP) is 3.31. The van der Waals surface area contributed by atoms with Gasteiger partial charge in [0.2, 0.25) is 0 Å². The molecule has 118 valence electrons. The zero-order valence-corrected chi connectivity index (χ0v) is 12.9. The maximum absolute atomic E-state index is 12.1. The molecule has 5 nitrogen and oxygen atoms in total. The summed E-state index contributed by atoms with van der Waals surface area (Å²) in [6, 6.07) is 11.2. The average Bonchev–Trinajstić information content (AvgIpc) is 2.57. The van der Waals surface area contributed by atoms with Crippen LogP contribution in [0.3, 0.4) is 0 Å². The minimum atomic E-state index is -0.561. The van der Waals surface area contributed by atoms with Gasteiger partial charge in [-0.2, -0.15) is 0 Å². The quantitative estimate of drug-likeness (QED) is 0.481. The van der Waals surface area contributed by atoms with Gasteiger partial charge < -0.3 is 14.2 Å². The molecular weight excluding hydrogens is 296 g/mol. The molecule has 0 N–H and O–H groups in total. The standard InChI is InChI=1S/C18H16O5/c1-4-17(19)22-14-7-5-13(6-8-14)18(20)23-16-10-9-15(21-3)11-12(16)2/h4-11H,1H2,2-3H3. The van der Waals surface area contributed by atoms with E-state index < -0.39 is 11.9 Å². The molecule has 0 saturated carbocycles. The molecule has 0 amide bonds. The van der Waals surface area contributed by atoms with Crippen molar-refractivity contribution in [1.82, 2.24) is 0 Å². The molecule has 0 unspecified atom stereocenters. The van der Waals surface area contributed by atoms with Crippen LogP contribution in [0.5, 0.6) is 17.2 Å². The van der Waals surface area contributed by atoms with E-state index in [0.29, 0.717) is 22.8 Å². The largest absolute Gasteiger partial charge is 0.497 e. The first-order valence-electron chi connectivity index (χ1n) is 6.84. The molecule has 23 heavy (non-hydrogen) atoms. The lowest BCUT2D eigenvalue weighted by Gasteiger charge is -2.09. The van der Waals surface area contributed by atoms with E-state index in [4.69, 9.17) is 14.2 Å². The molecule has 2 aromatic rings. The highest BCUT2D eigenvalue weighted by Gasteiger charge is 2.11. The van der Waals surface area contributed by atoms with Gasteiger partial charge in [-0.15, -0.1) is 0 Å². The highest BCUT2D eigenvalue weighted by atomic mass is 16.5. The Morgan fingerprint density at radius 2 is 1.65 bits per heavy atom. The van der Waals surface area contributed by atoms with Crippen molar-refractivity contribution in [2.75, 3.05) is 7.11 Å². The Hall–Kier alpha value is -3.08. The van der Waals surface area contributed by atoms with Crippen molar-refractivity contribution in [3.63, 3.8) is 0 Å². The number of carbonyl (C=O) groups is 2. The van der Waals surface area contributed by atoms with Crippen LogP contribution in [0, 0.1) is 6.92 Å². The predicted molar refractivity (Wildman–Crippen MR) is 85.0 cm³/mol. The fourth-order valence-electron chi connectivity index (χ4n) is 1.84. The summed E-state index contributed by atoms with van der Waals surface area (Å²) in [6.07, 6.45) is 1.06. The molecule has 2 rings (SSSR count). The van der Waals surface area contributed by atoms with Gasteiger partial charge in [0.05, 0.1) is 12.7 Å². The van der Waals surface area contributed by atoms with Gasteiger partial charge in [0.1, 0.15) is 17.2 Å². The highest BCUT2D eigenvalue weighted by molar-refractivity contribution is 5.91. The van der Waals surface area contributed by atoms with Crippen molar-refractivity contribution in [1.29, 1.82) is 0 Å². The van der Waals surface area contributed by atoms with Crippen LogP contribution in [0.15, 0.2) is 55.1 Å². The van der Waals surface area contributed by atoms with Crippen molar-refractivity contribution in [2.24, 2.45) is 0 Å². The summed E-state index contributed by atoms with van der Waals surface area (Å²) in [5.74, 6) is 0.412. The number of aryl methyl sites for hydroxylation is 1. The molecule has 0 aliphatic carbocycles. The van der Waals surface area contributed by atoms with E-state index in [1.54, 1.807) is 25.3 Å². The molecular formula is C18H16O5. The summed E-state index contributed by atoms with van der Waals surface area (Å²) in [5.41, 5.74) is 1.13. The van der Waals surface area contributed by atoms with E-state index in [2.05, 4.69) is 6.58 Å². The lowest BCUT2D eigenvalue weighted by atomic mass is 10.2. The second kappa shape index (κ2) is 7.26. The van der Waals surface area contributed by atoms with Crippen LogP contribution in [0.25, 0.3) is 0 Å². The van der Waals surface area contributed by atoms with Crippen LogP contribution in [-0.4, -0.2) is 19.0 Å². The van der Waals surface area contributed by atoms with Gasteiger partial charge in [0.25, 0.3) is 0 Å². The van der Waals surface area contributed by atoms with Crippen molar-refractivity contribution in [2.45, 2.75) is 6.92 Å². The summed E-state index contributed by atoms with van der Waals surface area (Å²) in [6.45, 7) is 5.13. The highest BCUT2D eigenvalue weighted by Crippen LogP contribution is 2.24. The number of rotatable bonds is 5. The minimum Gasteiger partial charge on any atom is -0.497 e. The molecule has 0 atom stereocenters. The van der Waals surface area contributed by atoms with Crippen LogP contribution >= 0.6 is 0 Å². The molecule has 0 aliphatic heterocycles. The molecule has 0 spiro atoms. The van der Waals surface area contributed by atoms with Gasteiger partial charge in [-0.1, -0.05) is 6.58 Å². The van der Waals surface area contributed by atoms with E-state index >= 15 is 0 Å². The molecule has 0 heterocycles. The van der Waals surface area contributed by atoms with Crippen LogP contribution in [0.4, 0.5) is 0 Å². The van der Waals surface area contributed by atoms with E-state index in [0.717, 1.165) is 11.6 Å². The molecule has 0 saturated heterocycles. The molecule has 2 aromatic carbocycles. The van der Waals surface area contributed by atoms with Gasteiger partial charge in [0.15, 0.2) is 0 Å². The molecule has 0 radical (unpaired) electrons. The summed E-state index contributed by atoms with van der Waals surface area (Å²) in [5, 5.41) is 0. The van der Waals surface area contributed by atoms with Crippen molar-refractivity contribution in [3.8, 4) is 17.2 Å². The number of hydrogen-bond acceptors (Lipinski definition) is 5. The first kappa shape index (κ1) is 16.3. The number of methoxy groups -OCH3 is 1. The number of benzene rings is 2. The van der Waals surface area contributed by atoms with Gasteiger partial charge in [-0.3, -0.25) is 0 Å². The average molecular weight is 312 g/mol. The SMILES string of the molecule is C=CC(=O)Oc1ccc(C(=O)Oc2ccc(OC)cc2C)cc1. The second-order valence-corrected chi connectivity index (χ2v) is 4.67. The third-order valence-corrected chi connectivity index (χ3v) is 3.06. The second-order valence-electron chi connectivity index (χ2n) is 4.67. The van der Waals surface area contributed by atoms with Crippen LogP contribution in [-0.2, 0) is 4.79 Å². The van der Waals surface area contributed by atoms with Crippen molar-refractivity contribution in [3.05, 3.63) is 66.2 Å². The monoisotopic (exact) mass is 312 g/mol. The van der Waals surface area contributed by atoms with Crippen LogP contribution in [0.1, 0.15) is 15.9 Å². The van der Waals surface area contributed by atoms with E-state index in [9.17, 15) is 9.59 Å². The Balaban J connectivity index is 2.08. The third-order valence-electron chi connectivity index (χ3n) is 3.06.